The second-order valence-electron chi connectivity index (χ2n) is 8.03. The maximum absolute atomic E-state index is 13.2. The molecule has 15 heteroatoms. The minimum absolute atomic E-state index is 0.0350. The summed E-state index contributed by atoms with van der Waals surface area (Å²) >= 11 is 6.15. The van der Waals surface area contributed by atoms with E-state index in [2.05, 4.69) is 26.9 Å². The maximum Gasteiger partial charge on any atom is 0.408 e. The smallest absolute Gasteiger partial charge is 0.266 e. The average molecular weight is 557 g/mol. The molecule has 192 valence electrons. The highest BCUT2D eigenvalue weighted by Gasteiger charge is 2.31. The second kappa shape index (κ2) is 10.2. The third kappa shape index (κ3) is 7.68. The van der Waals surface area contributed by atoms with Gasteiger partial charge in [-0.3, -0.25) is 9.40 Å². The number of hydrogen-bond donors (Lipinski definition) is 1. The van der Waals surface area contributed by atoms with E-state index in [4.69, 9.17) is 11.6 Å². The van der Waals surface area contributed by atoms with E-state index in [0.717, 1.165) is 18.6 Å². The van der Waals surface area contributed by atoms with Crippen molar-refractivity contribution in [3.05, 3.63) is 34.9 Å². The molecule has 1 heterocycles. The normalized spacial score (nSPS) is 13.8. The molecule has 0 fully saturated rings. The molecule has 0 aliphatic heterocycles. The number of halogens is 5. The summed E-state index contributed by atoms with van der Waals surface area (Å²) in [7, 11) is -7.45. The standard InChI is InChI=1S/C20H21ClF4N4O4S2/c1-19(2,34(3,30)31)11-10-14(26-25)7-5-6-13-8-9-15(21)16-17(13)29(12-20(22,23)24)27-18(16)28-35(4,32)33/h5,7-9H,6,12H2,1-4H3,(H,27,28)/b7-5-,26-14?. The van der Waals surface area contributed by atoms with Crippen LogP contribution >= 0.6 is 11.6 Å². The molecular weight excluding hydrogens is 536 g/mol. The molecule has 0 aliphatic rings. The first-order valence-corrected chi connectivity index (χ1v) is 13.8. The predicted octanol–water partition coefficient (Wildman–Crippen LogP) is 3.87. The molecule has 0 saturated heterocycles. The van der Waals surface area contributed by atoms with Crippen LogP contribution < -0.4 is 4.72 Å². The van der Waals surface area contributed by atoms with Gasteiger partial charge in [-0.1, -0.05) is 39.4 Å². The molecule has 35 heavy (non-hydrogen) atoms. The van der Waals surface area contributed by atoms with Crippen LogP contribution in [0.15, 0.2) is 29.5 Å². The number of sulfonamides is 1. The van der Waals surface area contributed by atoms with Crippen LogP contribution in [0.4, 0.5) is 23.5 Å². The number of benzene rings is 1. The number of rotatable bonds is 7. The molecule has 1 N–H and O–H groups in total. The molecular formula is C20H21ClF4N4O4S2. The second-order valence-corrected chi connectivity index (χ2v) is 12.8. The monoisotopic (exact) mass is 556 g/mol. The molecule has 0 aliphatic carbocycles. The molecule has 0 amide bonds. The van der Waals surface area contributed by atoms with Crippen LogP contribution in [0, 0.1) is 11.8 Å². The van der Waals surface area contributed by atoms with Gasteiger partial charge in [0.25, 0.3) is 0 Å². The van der Waals surface area contributed by atoms with E-state index in [1.54, 1.807) is 0 Å². The lowest BCUT2D eigenvalue weighted by atomic mass is 10.1. The van der Waals surface area contributed by atoms with Gasteiger partial charge in [0, 0.05) is 6.26 Å². The van der Waals surface area contributed by atoms with E-state index in [0.29, 0.717) is 4.68 Å². The van der Waals surface area contributed by atoms with E-state index >= 15 is 0 Å². The van der Waals surface area contributed by atoms with Gasteiger partial charge in [-0.2, -0.15) is 18.3 Å². The molecule has 8 nitrogen and oxygen atoms in total. The first-order chi connectivity index (χ1) is 15.8. The molecule has 2 rings (SSSR count). The Morgan fingerprint density at radius 1 is 1.23 bits per heavy atom. The minimum atomic E-state index is -4.67. The Hall–Kier alpha value is -2.63. The van der Waals surface area contributed by atoms with E-state index in [-0.39, 0.29) is 33.7 Å². The largest absolute Gasteiger partial charge is 0.408 e. The predicted molar refractivity (Wildman–Crippen MR) is 127 cm³/mol. The van der Waals surface area contributed by atoms with Crippen LogP contribution in [0.2, 0.25) is 5.02 Å². The number of nitrogens with one attached hydrogen (secondary N) is 1. The number of nitrogens with zero attached hydrogens (tertiary/aromatic N) is 3. The summed E-state index contributed by atoms with van der Waals surface area (Å²) in [6, 6.07) is 2.78. The fraction of sp³-hybridized carbons (Fsp3) is 0.400. The SMILES string of the molecule is CC(C)(C#CC(/C=C\Cc1ccc(Cl)c2c(NS(C)(=O)=O)nn(CC(F)(F)F)c12)=NF)S(C)(=O)=O. The number of alkyl halides is 3. The summed E-state index contributed by atoms with van der Waals surface area (Å²) < 4.78 is 100. The Balaban J connectivity index is 2.52. The number of anilines is 1. The lowest BCUT2D eigenvalue weighted by Gasteiger charge is -2.13. The number of aromatic nitrogens is 2. The quantitative estimate of drug-likeness (QED) is 0.316. The molecule has 0 saturated carbocycles. The molecule has 2 aromatic rings. The summed E-state index contributed by atoms with van der Waals surface area (Å²) in [6.07, 6.45) is -0.471. The summed E-state index contributed by atoms with van der Waals surface area (Å²) in [4.78, 5) is 0. The molecule has 0 spiro atoms. The van der Waals surface area contributed by atoms with Crippen LogP contribution in [-0.4, -0.2) is 55.8 Å². The van der Waals surface area contributed by atoms with Crippen molar-refractivity contribution < 1.29 is 34.5 Å². The van der Waals surface area contributed by atoms with Crippen LogP contribution in [0.3, 0.4) is 0 Å². The van der Waals surface area contributed by atoms with Crippen molar-refractivity contribution in [3.8, 4) is 11.8 Å². The van der Waals surface area contributed by atoms with E-state index in [9.17, 15) is 34.5 Å². The highest BCUT2D eigenvalue weighted by Crippen LogP contribution is 2.35. The van der Waals surface area contributed by atoms with Crippen molar-refractivity contribution in [2.24, 2.45) is 5.21 Å². The van der Waals surface area contributed by atoms with Crippen LogP contribution in [-0.2, 0) is 32.8 Å². The Morgan fingerprint density at radius 2 is 1.86 bits per heavy atom. The van der Waals surface area contributed by atoms with E-state index in [1.165, 1.54) is 32.1 Å². The zero-order chi connectivity index (χ0) is 26.8. The first-order valence-electron chi connectivity index (χ1n) is 9.65. The molecule has 0 radical (unpaired) electrons. The van der Waals surface area contributed by atoms with Crippen LogP contribution in [0.5, 0.6) is 0 Å². The van der Waals surface area contributed by atoms with Crippen molar-refractivity contribution in [1.82, 2.24) is 9.78 Å². The van der Waals surface area contributed by atoms with Gasteiger partial charge in [-0.25, -0.2) is 16.8 Å². The molecule has 0 unspecified atom stereocenters. The highest BCUT2D eigenvalue weighted by molar-refractivity contribution is 7.92. The van der Waals surface area contributed by atoms with Gasteiger partial charge in [-0.05, 0) is 43.9 Å². The average Bonchev–Trinajstić information content (AvgIpc) is 3.00. The van der Waals surface area contributed by atoms with Crippen LogP contribution in [0.1, 0.15) is 19.4 Å². The van der Waals surface area contributed by atoms with Crippen molar-refractivity contribution in [2.45, 2.75) is 37.7 Å². The van der Waals surface area contributed by atoms with Crippen molar-refractivity contribution >= 4 is 53.9 Å². The van der Waals surface area contributed by atoms with Gasteiger partial charge in [0.1, 0.15) is 17.0 Å². The van der Waals surface area contributed by atoms with E-state index in [1.807, 2.05) is 0 Å². The van der Waals surface area contributed by atoms with Crippen molar-refractivity contribution in [3.63, 3.8) is 0 Å². The van der Waals surface area contributed by atoms with Crippen molar-refractivity contribution in [1.29, 1.82) is 0 Å². The lowest BCUT2D eigenvalue weighted by Crippen LogP contribution is -2.28. The zero-order valence-electron chi connectivity index (χ0n) is 18.9. The molecule has 1 aromatic carbocycles. The molecule has 1 aromatic heterocycles. The molecule has 0 atom stereocenters. The Kier molecular flexibility index (Phi) is 8.30. The number of fused-ring (bicyclic) bond motifs is 1. The summed E-state index contributed by atoms with van der Waals surface area (Å²) in [5.41, 5.74) is -0.217. The van der Waals surface area contributed by atoms with Crippen LogP contribution in [0.25, 0.3) is 10.9 Å². The summed E-state index contributed by atoms with van der Waals surface area (Å²) in [5, 5.41) is 6.17. The fourth-order valence-corrected chi connectivity index (χ4v) is 3.71. The Morgan fingerprint density at radius 3 is 2.37 bits per heavy atom. The number of hydrogen-bond acceptors (Lipinski definition) is 6. The summed E-state index contributed by atoms with van der Waals surface area (Å²) in [6.45, 7) is 1.15. The fourth-order valence-electron chi connectivity index (χ4n) is 2.74. The van der Waals surface area contributed by atoms with Gasteiger partial charge >= 0.3 is 6.18 Å². The summed E-state index contributed by atoms with van der Waals surface area (Å²) in [5.74, 6) is 4.36. The third-order valence-corrected chi connectivity index (χ3v) is 7.50. The van der Waals surface area contributed by atoms with E-state index < -0.39 is 43.0 Å². The van der Waals surface area contributed by atoms with Gasteiger partial charge < -0.3 is 0 Å². The Bertz CT molecular complexity index is 1470. The van der Waals surface area contributed by atoms with Gasteiger partial charge in [0.15, 0.2) is 15.7 Å². The molecule has 0 bridgehead atoms. The number of sulfone groups is 1. The van der Waals surface area contributed by atoms with Crippen molar-refractivity contribution in [2.75, 3.05) is 17.2 Å². The van der Waals surface area contributed by atoms with Gasteiger partial charge in [0.05, 0.1) is 22.2 Å². The minimum Gasteiger partial charge on any atom is -0.266 e. The topological polar surface area (TPSA) is 110 Å². The first kappa shape index (κ1) is 28.6. The lowest BCUT2D eigenvalue weighted by molar-refractivity contribution is -0.141. The van der Waals surface area contributed by atoms with Gasteiger partial charge in [0.2, 0.25) is 10.0 Å². The zero-order valence-corrected chi connectivity index (χ0v) is 21.3. The highest BCUT2D eigenvalue weighted by atomic mass is 35.5. The van der Waals surface area contributed by atoms with Gasteiger partial charge in [-0.15, -0.1) is 0 Å². The maximum atomic E-state index is 13.2. The third-order valence-electron chi connectivity index (χ3n) is 4.66. The Labute approximate surface area is 205 Å². The number of allylic oxidation sites excluding steroid dienone is 2.